The smallest absolute Gasteiger partial charge is 0.260 e. The van der Waals surface area contributed by atoms with Crippen molar-refractivity contribution in [3.63, 3.8) is 0 Å². The summed E-state index contributed by atoms with van der Waals surface area (Å²) in [5, 5.41) is 10.1. The summed E-state index contributed by atoms with van der Waals surface area (Å²) in [4.78, 5) is 0. The fraction of sp³-hybridized carbons (Fsp3) is 0.769. The van der Waals surface area contributed by atoms with Gasteiger partial charge >= 0.3 is 0 Å². The van der Waals surface area contributed by atoms with Crippen molar-refractivity contribution in [1.29, 1.82) is 0 Å². The van der Waals surface area contributed by atoms with Crippen LogP contribution in [0.4, 0.5) is 0 Å². The molecule has 0 fully saturated rings. The van der Waals surface area contributed by atoms with Gasteiger partial charge in [-0.25, -0.2) is 13.1 Å². The normalized spacial score (nSPS) is 13.6. The highest BCUT2D eigenvalue weighted by Gasteiger charge is 2.24. The standard InChI is InChI=1S/C13H26N4O2S/c1-5-7-10(3)17-20(18,19)13-12(9-14-8-6-2)11(4)15-16-13/h10,14,17H,5-9H2,1-4H3,(H,15,16). The molecule has 0 saturated heterocycles. The SMILES string of the molecule is CCCNCc1c(S(=O)(=O)NC(C)CCC)n[nH]c1C. The van der Waals surface area contributed by atoms with Gasteiger partial charge in [0.15, 0.2) is 5.03 Å². The second-order valence-corrected chi connectivity index (χ2v) is 6.75. The Morgan fingerprint density at radius 3 is 2.60 bits per heavy atom. The Balaban J connectivity index is 2.89. The van der Waals surface area contributed by atoms with Gasteiger partial charge < -0.3 is 5.32 Å². The number of nitrogens with one attached hydrogen (secondary N) is 3. The molecule has 1 heterocycles. The minimum absolute atomic E-state index is 0.0848. The zero-order chi connectivity index (χ0) is 15.2. The quantitative estimate of drug-likeness (QED) is 0.606. The largest absolute Gasteiger partial charge is 0.313 e. The lowest BCUT2D eigenvalue weighted by Gasteiger charge is -2.13. The monoisotopic (exact) mass is 302 g/mol. The van der Waals surface area contributed by atoms with E-state index in [1.165, 1.54) is 0 Å². The van der Waals surface area contributed by atoms with E-state index in [1.54, 1.807) is 0 Å². The van der Waals surface area contributed by atoms with Gasteiger partial charge in [-0.1, -0.05) is 20.3 Å². The summed E-state index contributed by atoms with van der Waals surface area (Å²) < 4.78 is 27.4. The number of aryl methyl sites for hydroxylation is 1. The second-order valence-electron chi connectivity index (χ2n) is 5.12. The predicted molar refractivity (Wildman–Crippen MR) is 80.0 cm³/mol. The zero-order valence-corrected chi connectivity index (χ0v) is 13.6. The molecule has 1 atom stereocenters. The van der Waals surface area contributed by atoms with Crippen LogP contribution in [0.1, 0.15) is 51.3 Å². The Kier molecular flexibility index (Phi) is 6.64. The average molecular weight is 302 g/mol. The molecule has 0 radical (unpaired) electrons. The Morgan fingerprint density at radius 2 is 2.00 bits per heavy atom. The molecule has 1 aromatic rings. The lowest BCUT2D eigenvalue weighted by molar-refractivity contribution is 0.538. The molecule has 20 heavy (non-hydrogen) atoms. The number of H-pyrrole nitrogens is 1. The van der Waals surface area contributed by atoms with Gasteiger partial charge in [0.05, 0.1) is 0 Å². The Morgan fingerprint density at radius 1 is 1.30 bits per heavy atom. The van der Waals surface area contributed by atoms with E-state index in [9.17, 15) is 8.42 Å². The summed E-state index contributed by atoms with van der Waals surface area (Å²) in [7, 11) is -3.56. The van der Waals surface area contributed by atoms with Gasteiger partial charge in [0, 0.05) is 23.8 Å². The first-order valence-electron chi connectivity index (χ1n) is 7.19. The van der Waals surface area contributed by atoms with Gasteiger partial charge in [-0.15, -0.1) is 0 Å². The van der Waals surface area contributed by atoms with Crippen molar-refractivity contribution in [1.82, 2.24) is 20.2 Å². The minimum Gasteiger partial charge on any atom is -0.313 e. The molecule has 0 saturated carbocycles. The van der Waals surface area contributed by atoms with Crippen LogP contribution in [0.3, 0.4) is 0 Å². The Hall–Kier alpha value is -0.920. The van der Waals surface area contributed by atoms with E-state index in [0.717, 1.165) is 37.1 Å². The average Bonchev–Trinajstić information content (AvgIpc) is 2.72. The number of hydrogen-bond acceptors (Lipinski definition) is 4. The molecular weight excluding hydrogens is 276 g/mol. The summed E-state index contributed by atoms with van der Waals surface area (Å²) in [5.41, 5.74) is 1.51. The van der Waals surface area contributed by atoms with Gasteiger partial charge in [0.25, 0.3) is 10.0 Å². The van der Waals surface area contributed by atoms with Crippen molar-refractivity contribution in [3.8, 4) is 0 Å². The van der Waals surface area contributed by atoms with E-state index in [0.29, 0.717) is 6.54 Å². The molecule has 0 aliphatic rings. The first-order chi connectivity index (χ1) is 9.42. The summed E-state index contributed by atoms with van der Waals surface area (Å²) in [6, 6.07) is -0.0848. The number of nitrogens with zero attached hydrogens (tertiary/aromatic N) is 1. The van der Waals surface area contributed by atoms with Crippen LogP contribution in [0.15, 0.2) is 5.03 Å². The van der Waals surface area contributed by atoms with E-state index in [-0.39, 0.29) is 11.1 Å². The molecule has 1 rings (SSSR count). The minimum atomic E-state index is -3.56. The van der Waals surface area contributed by atoms with E-state index < -0.39 is 10.0 Å². The molecule has 116 valence electrons. The van der Waals surface area contributed by atoms with Gasteiger partial charge in [-0.05, 0) is 33.2 Å². The van der Waals surface area contributed by atoms with E-state index in [2.05, 4.69) is 27.2 Å². The highest BCUT2D eigenvalue weighted by atomic mass is 32.2. The molecule has 1 unspecified atom stereocenters. The number of rotatable bonds is 9. The highest BCUT2D eigenvalue weighted by molar-refractivity contribution is 7.89. The lowest BCUT2D eigenvalue weighted by Crippen LogP contribution is -2.33. The molecule has 0 amide bonds. The van der Waals surface area contributed by atoms with Crippen molar-refractivity contribution in [2.75, 3.05) is 6.54 Å². The fourth-order valence-electron chi connectivity index (χ4n) is 2.06. The molecule has 0 aliphatic carbocycles. The van der Waals surface area contributed by atoms with Gasteiger partial charge in [0.1, 0.15) is 0 Å². The van der Waals surface area contributed by atoms with E-state index >= 15 is 0 Å². The first-order valence-corrected chi connectivity index (χ1v) is 8.67. The molecule has 6 nitrogen and oxygen atoms in total. The maximum absolute atomic E-state index is 12.4. The molecule has 0 bridgehead atoms. The van der Waals surface area contributed by atoms with Crippen LogP contribution in [-0.2, 0) is 16.6 Å². The predicted octanol–water partition coefficient (Wildman–Crippen LogP) is 1.68. The number of aromatic nitrogens is 2. The highest BCUT2D eigenvalue weighted by Crippen LogP contribution is 2.16. The van der Waals surface area contributed by atoms with Crippen molar-refractivity contribution in [3.05, 3.63) is 11.3 Å². The number of aromatic amines is 1. The summed E-state index contributed by atoms with van der Waals surface area (Å²) in [6.07, 6.45) is 2.75. The van der Waals surface area contributed by atoms with Gasteiger partial charge in [0.2, 0.25) is 0 Å². The molecule has 0 aliphatic heterocycles. The third-order valence-electron chi connectivity index (χ3n) is 3.10. The summed E-state index contributed by atoms with van der Waals surface area (Å²) >= 11 is 0. The van der Waals surface area contributed by atoms with Gasteiger partial charge in [-0.2, -0.15) is 5.10 Å². The molecule has 7 heteroatoms. The molecule has 1 aromatic heterocycles. The molecule has 0 aromatic carbocycles. The summed E-state index contributed by atoms with van der Waals surface area (Å²) in [6.45, 7) is 9.17. The number of hydrogen-bond donors (Lipinski definition) is 3. The summed E-state index contributed by atoms with van der Waals surface area (Å²) in [5.74, 6) is 0. The Labute approximate surface area is 121 Å². The molecule has 0 spiro atoms. The van der Waals surface area contributed by atoms with Crippen LogP contribution in [0.2, 0.25) is 0 Å². The maximum atomic E-state index is 12.4. The first kappa shape index (κ1) is 17.1. The maximum Gasteiger partial charge on any atom is 0.260 e. The van der Waals surface area contributed by atoms with E-state index in [1.807, 2.05) is 20.8 Å². The third kappa shape index (κ3) is 4.57. The second kappa shape index (κ2) is 7.75. The van der Waals surface area contributed by atoms with Crippen LogP contribution < -0.4 is 10.0 Å². The van der Waals surface area contributed by atoms with Crippen LogP contribution in [0.5, 0.6) is 0 Å². The van der Waals surface area contributed by atoms with Crippen molar-refractivity contribution < 1.29 is 8.42 Å². The zero-order valence-electron chi connectivity index (χ0n) is 12.8. The van der Waals surface area contributed by atoms with Crippen molar-refractivity contribution in [2.45, 2.75) is 64.6 Å². The van der Waals surface area contributed by atoms with Crippen molar-refractivity contribution in [2.24, 2.45) is 0 Å². The molecule has 3 N–H and O–H groups in total. The Bertz CT molecular complexity index is 510. The van der Waals surface area contributed by atoms with Crippen LogP contribution in [-0.4, -0.2) is 31.2 Å². The van der Waals surface area contributed by atoms with Crippen LogP contribution >= 0.6 is 0 Å². The molecular formula is C13H26N4O2S. The fourth-order valence-corrected chi connectivity index (χ4v) is 3.54. The van der Waals surface area contributed by atoms with Crippen molar-refractivity contribution >= 4 is 10.0 Å². The van der Waals surface area contributed by atoms with E-state index in [4.69, 9.17) is 0 Å². The lowest BCUT2D eigenvalue weighted by atomic mass is 10.2. The van der Waals surface area contributed by atoms with Gasteiger partial charge in [-0.3, -0.25) is 5.10 Å². The van der Waals surface area contributed by atoms with Crippen LogP contribution in [0.25, 0.3) is 0 Å². The number of sulfonamides is 1. The third-order valence-corrected chi connectivity index (χ3v) is 4.66. The van der Waals surface area contributed by atoms with Crippen LogP contribution in [0, 0.1) is 6.92 Å². The topological polar surface area (TPSA) is 86.9 Å².